The van der Waals surface area contributed by atoms with Crippen LogP contribution in [0.4, 0.5) is 0 Å². The van der Waals surface area contributed by atoms with Crippen LogP contribution in [0.15, 0.2) is 0 Å². The minimum absolute atomic E-state index is 0.00952. The lowest BCUT2D eigenvalue weighted by atomic mass is 9.70. The van der Waals surface area contributed by atoms with Crippen LogP contribution in [-0.2, 0) is 4.52 Å². The van der Waals surface area contributed by atoms with E-state index in [1.165, 1.54) is 6.42 Å². The Hall–Kier alpha value is -0.200. The molecule has 1 aliphatic heterocycles. The molecular formula is C16H27N2O2P. The van der Waals surface area contributed by atoms with E-state index in [1.54, 1.807) is 6.92 Å². The SMILES string of the molecule is CC(C)N1C2C3CCC(C)(C2O[P+]1([O-])[C@@H](C)C#N)C3(C)C. The fraction of sp³-hybridized carbons (Fsp3) is 0.938. The molecule has 3 rings (SSSR count). The van der Waals surface area contributed by atoms with Crippen LogP contribution in [0.25, 0.3) is 0 Å². The molecule has 5 unspecified atom stereocenters. The summed E-state index contributed by atoms with van der Waals surface area (Å²) in [6.45, 7) is 12.9. The lowest BCUT2D eigenvalue weighted by Gasteiger charge is -2.42. The molecule has 3 fully saturated rings. The zero-order chi connectivity index (χ0) is 15.8. The van der Waals surface area contributed by atoms with Gasteiger partial charge in [-0.05, 0) is 44.9 Å². The highest BCUT2D eigenvalue weighted by molar-refractivity contribution is 7.63. The van der Waals surface area contributed by atoms with Gasteiger partial charge in [-0.1, -0.05) is 20.8 Å². The molecule has 2 saturated carbocycles. The Morgan fingerprint density at radius 3 is 2.48 bits per heavy atom. The van der Waals surface area contributed by atoms with Crippen LogP contribution in [0, 0.1) is 28.1 Å². The molecule has 21 heavy (non-hydrogen) atoms. The zero-order valence-corrected chi connectivity index (χ0v) is 14.9. The number of fused-ring (bicyclic) bond motifs is 5. The summed E-state index contributed by atoms with van der Waals surface area (Å²) in [5.74, 6) is 0.511. The van der Waals surface area contributed by atoms with Crippen molar-refractivity contribution < 1.29 is 9.42 Å². The third kappa shape index (κ3) is 1.64. The van der Waals surface area contributed by atoms with Gasteiger partial charge in [-0.3, -0.25) is 0 Å². The first-order valence-corrected chi connectivity index (χ1v) is 9.72. The first-order chi connectivity index (χ1) is 9.61. The van der Waals surface area contributed by atoms with E-state index in [9.17, 15) is 10.2 Å². The van der Waals surface area contributed by atoms with Crippen molar-refractivity contribution in [3.63, 3.8) is 0 Å². The zero-order valence-electron chi connectivity index (χ0n) is 14.0. The maximum Gasteiger partial charge on any atom is 0.191 e. The highest BCUT2D eigenvalue weighted by Crippen LogP contribution is 2.78. The molecule has 0 aromatic carbocycles. The van der Waals surface area contributed by atoms with Gasteiger partial charge in [0.2, 0.25) is 0 Å². The second-order valence-electron chi connectivity index (χ2n) is 8.14. The van der Waals surface area contributed by atoms with E-state index in [0.29, 0.717) is 5.92 Å². The van der Waals surface area contributed by atoms with Crippen LogP contribution in [0.3, 0.4) is 0 Å². The Bertz CT molecular complexity index is 503. The van der Waals surface area contributed by atoms with Crippen molar-refractivity contribution >= 4 is 7.87 Å². The van der Waals surface area contributed by atoms with Crippen molar-refractivity contribution in [2.45, 2.75) is 78.2 Å². The topological polar surface area (TPSA) is 59.3 Å². The molecule has 0 radical (unpaired) electrons. The van der Waals surface area contributed by atoms with Crippen LogP contribution in [-0.4, -0.2) is 28.5 Å². The van der Waals surface area contributed by atoms with Crippen LogP contribution in [0.1, 0.15) is 54.4 Å². The number of hydrogen-bond acceptors (Lipinski definition) is 4. The number of nitriles is 1. The molecule has 0 amide bonds. The minimum Gasteiger partial charge on any atom is -0.640 e. The molecule has 118 valence electrons. The fourth-order valence-corrected chi connectivity index (χ4v) is 8.01. The van der Waals surface area contributed by atoms with E-state index in [4.69, 9.17) is 4.52 Å². The molecule has 4 nitrogen and oxygen atoms in total. The fourth-order valence-electron chi connectivity index (χ4n) is 5.19. The Labute approximate surface area is 129 Å². The van der Waals surface area contributed by atoms with E-state index < -0.39 is 13.5 Å². The van der Waals surface area contributed by atoms with E-state index in [0.717, 1.165) is 6.42 Å². The Balaban J connectivity index is 2.07. The molecule has 2 bridgehead atoms. The molecule has 0 spiro atoms. The van der Waals surface area contributed by atoms with Crippen molar-refractivity contribution in [1.82, 2.24) is 4.67 Å². The normalized spacial score (nSPS) is 49.4. The monoisotopic (exact) mass is 310 g/mol. The molecule has 1 saturated heterocycles. The maximum atomic E-state index is 13.5. The molecule has 0 aromatic heterocycles. The molecule has 0 N–H and O–H groups in total. The minimum atomic E-state index is -3.07. The van der Waals surface area contributed by atoms with E-state index in [-0.39, 0.29) is 29.0 Å². The average Bonchev–Trinajstić information content (AvgIpc) is 2.88. The Kier molecular flexibility index (Phi) is 3.30. The van der Waals surface area contributed by atoms with Gasteiger partial charge in [-0.15, -0.1) is 4.67 Å². The van der Waals surface area contributed by atoms with Crippen molar-refractivity contribution in [2.24, 2.45) is 16.7 Å². The molecule has 1 heterocycles. The van der Waals surface area contributed by atoms with Crippen molar-refractivity contribution in [3.05, 3.63) is 0 Å². The quantitative estimate of drug-likeness (QED) is 0.736. The van der Waals surface area contributed by atoms with Crippen molar-refractivity contribution in [3.8, 4) is 6.07 Å². The predicted molar refractivity (Wildman–Crippen MR) is 82.2 cm³/mol. The summed E-state index contributed by atoms with van der Waals surface area (Å²) in [7, 11) is -3.07. The summed E-state index contributed by atoms with van der Waals surface area (Å²) in [4.78, 5) is 13.5. The first-order valence-electron chi connectivity index (χ1n) is 8.08. The summed E-state index contributed by atoms with van der Waals surface area (Å²) >= 11 is 0. The van der Waals surface area contributed by atoms with Crippen molar-refractivity contribution in [2.75, 3.05) is 0 Å². The van der Waals surface area contributed by atoms with Gasteiger partial charge in [0, 0.05) is 11.5 Å². The summed E-state index contributed by atoms with van der Waals surface area (Å²) in [6, 6.07) is 2.52. The van der Waals surface area contributed by atoms with Crippen LogP contribution >= 0.6 is 7.87 Å². The molecule has 5 heteroatoms. The van der Waals surface area contributed by atoms with Gasteiger partial charge in [0.25, 0.3) is 0 Å². The predicted octanol–water partition coefficient (Wildman–Crippen LogP) is 2.96. The van der Waals surface area contributed by atoms with Crippen LogP contribution in [0.5, 0.6) is 0 Å². The summed E-state index contributed by atoms with van der Waals surface area (Å²) in [5, 5.41) is 9.31. The van der Waals surface area contributed by atoms with Gasteiger partial charge in [0.05, 0.1) is 6.04 Å². The van der Waals surface area contributed by atoms with Crippen molar-refractivity contribution in [1.29, 1.82) is 5.26 Å². The van der Waals surface area contributed by atoms with E-state index >= 15 is 0 Å². The van der Waals surface area contributed by atoms with Gasteiger partial charge < -0.3 is 4.89 Å². The van der Waals surface area contributed by atoms with Gasteiger partial charge in [0.1, 0.15) is 12.2 Å². The maximum absolute atomic E-state index is 13.5. The second kappa shape index (κ2) is 4.42. The lowest BCUT2D eigenvalue weighted by molar-refractivity contribution is -0.206. The standard InChI is InChI=1S/C16H27N2O2P/c1-10(2)18-13-12-7-8-16(6,15(12,4)5)14(13)20-21(18,19)11(3)9-17/h10-14H,7-8H2,1-6H3/t11-,12?,13?,14?,16?,21?/m0/s1. The van der Waals surface area contributed by atoms with Crippen LogP contribution < -0.4 is 4.89 Å². The summed E-state index contributed by atoms with van der Waals surface area (Å²) in [6.07, 6.45) is 2.33. The average molecular weight is 310 g/mol. The van der Waals surface area contributed by atoms with Crippen LogP contribution in [0.2, 0.25) is 0 Å². The van der Waals surface area contributed by atoms with E-state index in [1.807, 2.05) is 0 Å². The third-order valence-corrected chi connectivity index (χ3v) is 9.82. The molecular weight excluding hydrogens is 283 g/mol. The Morgan fingerprint density at radius 1 is 1.33 bits per heavy atom. The van der Waals surface area contributed by atoms with E-state index in [2.05, 4.69) is 45.4 Å². The summed E-state index contributed by atoms with van der Waals surface area (Å²) in [5.41, 5.74) is -0.287. The largest absolute Gasteiger partial charge is 0.640 e. The number of nitrogens with zero attached hydrogens (tertiary/aromatic N) is 2. The van der Waals surface area contributed by atoms with Gasteiger partial charge >= 0.3 is 0 Å². The van der Waals surface area contributed by atoms with Gasteiger partial charge in [-0.2, -0.15) is 5.26 Å². The number of rotatable bonds is 2. The Morgan fingerprint density at radius 2 is 1.95 bits per heavy atom. The highest BCUT2D eigenvalue weighted by atomic mass is 31.2. The third-order valence-electron chi connectivity index (χ3n) is 6.82. The highest BCUT2D eigenvalue weighted by Gasteiger charge is 2.76. The van der Waals surface area contributed by atoms with Gasteiger partial charge in [-0.25, -0.2) is 4.52 Å². The van der Waals surface area contributed by atoms with Gasteiger partial charge in [0.15, 0.2) is 13.5 Å². The lowest BCUT2D eigenvalue weighted by Crippen LogP contribution is -2.46. The molecule has 2 aliphatic carbocycles. The molecule has 6 atom stereocenters. The second-order valence-corrected chi connectivity index (χ2v) is 10.7. The smallest absolute Gasteiger partial charge is 0.191 e. The molecule has 0 aromatic rings. The first kappa shape index (κ1) is 15.7. The molecule has 3 aliphatic rings. The number of hydrogen-bond donors (Lipinski definition) is 0. The summed E-state index contributed by atoms with van der Waals surface area (Å²) < 4.78 is 8.32.